The molecule has 318 valence electrons. The van der Waals surface area contributed by atoms with Gasteiger partial charge in [-0.15, -0.1) is 0 Å². The van der Waals surface area contributed by atoms with Gasteiger partial charge in [0.05, 0.1) is 26.1 Å². The average molecular weight is 888 g/mol. The summed E-state index contributed by atoms with van der Waals surface area (Å²) < 4.78 is 97.1. The molecule has 3 rings (SSSR count). The Balaban J connectivity index is 1.50. The molecule has 2 unspecified atom stereocenters. The predicted octanol–water partition coefficient (Wildman–Crippen LogP) is -2.78. The number of rotatable bonds is 21. The number of aliphatic hydroxyl groups excluding tert-OH is 2. The van der Waals surface area contributed by atoms with Crippen LogP contribution in [0.5, 0.6) is 0 Å². The normalized spacial score (nSPS) is 22.5. The van der Waals surface area contributed by atoms with E-state index in [1.807, 2.05) is 0 Å². The van der Waals surface area contributed by atoms with Gasteiger partial charge in [0, 0.05) is 18.4 Å². The van der Waals surface area contributed by atoms with Crippen LogP contribution in [0.25, 0.3) is 11.2 Å². The van der Waals surface area contributed by atoms with Crippen LogP contribution < -0.4 is 16.4 Å². The molecule has 8 atom stereocenters. The number of carbonyl (C=O) groups excluding carboxylic acids is 3. The summed E-state index contributed by atoms with van der Waals surface area (Å²) in [7, 11) is -21.2. The zero-order valence-electron chi connectivity index (χ0n) is 29.3. The van der Waals surface area contributed by atoms with Gasteiger partial charge in [-0.05, 0) is 6.92 Å². The van der Waals surface area contributed by atoms with Crippen LogP contribution in [0, 0.1) is 5.41 Å². The van der Waals surface area contributed by atoms with E-state index < -0.39 is 112 Å². The van der Waals surface area contributed by atoms with Crippen molar-refractivity contribution in [3.05, 3.63) is 12.7 Å². The lowest BCUT2D eigenvalue weighted by Gasteiger charge is -2.30. The Labute approximate surface area is 316 Å². The number of nitrogen functional groups attached to an aromatic ring is 1. The van der Waals surface area contributed by atoms with Gasteiger partial charge in [-0.2, -0.15) is 12.7 Å². The lowest BCUT2D eigenvalue weighted by Crippen LogP contribution is -2.46. The van der Waals surface area contributed by atoms with Crippen molar-refractivity contribution in [3.63, 3.8) is 0 Å². The fourth-order valence-electron chi connectivity index (χ4n) is 4.52. The number of anilines is 1. The van der Waals surface area contributed by atoms with Crippen molar-refractivity contribution < 1.29 is 98.2 Å². The lowest BCUT2D eigenvalue weighted by molar-refractivity contribution is -0.143. The van der Waals surface area contributed by atoms with Gasteiger partial charge >= 0.3 is 29.4 Å². The molecule has 1 fully saturated rings. The number of aromatic nitrogens is 4. The van der Waals surface area contributed by atoms with E-state index in [0.717, 1.165) is 24.1 Å². The van der Waals surface area contributed by atoms with Crippen molar-refractivity contribution in [1.29, 1.82) is 0 Å². The van der Waals surface area contributed by atoms with Gasteiger partial charge < -0.3 is 55.6 Å². The monoisotopic (exact) mass is 887 g/mol. The highest BCUT2D eigenvalue weighted by molar-refractivity contribution is 7.87. The fourth-order valence-corrected chi connectivity index (χ4v) is 7.66. The zero-order valence-corrected chi connectivity index (χ0v) is 32.8. The maximum absolute atomic E-state index is 12.6. The quantitative estimate of drug-likeness (QED) is 0.0262. The maximum Gasteiger partial charge on any atom is 0.481 e. The Morgan fingerprint density at radius 1 is 1.05 bits per heavy atom. The molecule has 0 aliphatic carbocycles. The number of esters is 1. The van der Waals surface area contributed by atoms with E-state index in [0.29, 0.717) is 0 Å². The molecule has 2 aromatic heterocycles. The Hall–Kier alpha value is -3.08. The Morgan fingerprint density at radius 3 is 2.32 bits per heavy atom. The van der Waals surface area contributed by atoms with E-state index in [1.165, 1.54) is 13.8 Å². The second kappa shape index (κ2) is 18.7. The highest BCUT2D eigenvalue weighted by Crippen LogP contribution is 2.61. The topological polar surface area (TPSA) is 427 Å². The molecule has 1 aliphatic heterocycles. The maximum atomic E-state index is 12.6. The third-order valence-corrected chi connectivity index (χ3v) is 11.7. The molecule has 56 heavy (non-hydrogen) atoms. The molecule has 28 nitrogen and oxygen atoms in total. The number of nitrogens with two attached hydrogens (primary N) is 1. The van der Waals surface area contributed by atoms with Gasteiger partial charge in [-0.1, -0.05) is 13.8 Å². The first-order valence-corrected chi connectivity index (χ1v) is 21.7. The summed E-state index contributed by atoms with van der Waals surface area (Å²) in [6.07, 6.45) is -7.32. The SMILES string of the molecule is C[C@H](C(=O)OCCNC(=O)CCNC(=O)[C@H](O)C(C)(C)COP(=O)(O)OP(=O)(O)OC[C@H]1O[C@@H](n2cnc3c(N)ncnc32)[C@H](O)[C@@H]1OP(=O)(O)O)S(=O)(=O)O. The van der Waals surface area contributed by atoms with E-state index in [2.05, 4.69) is 39.2 Å². The molecule has 3 heterocycles. The minimum absolute atomic E-state index is 0.00894. The Kier molecular flexibility index (Phi) is 15.8. The van der Waals surface area contributed by atoms with E-state index >= 15 is 0 Å². The number of phosphoric acid groups is 3. The van der Waals surface area contributed by atoms with Gasteiger partial charge in [0.2, 0.25) is 11.8 Å². The number of hydrogen-bond acceptors (Lipinski definition) is 20. The predicted molar refractivity (Wildman–Crippen MR) is 182 cm³/mol. The summed E-state index contributed by atoms with van der Waals surface area (Å²) in [5, 5.41) is 24.0. The van der Waals surface area contributed by atoms with E-state index in [4.69, 9.17) is 24.1 Å². The molecule has 0 bridgehead atoms. The summed E-state index contributed by atoms with van der Waals surface area (Å²) >= 11 is 0. The van der Waals surface area contributed by atoms with Crippen molar-refractivity contribution >= 4 is 68.4 Å². The largest absolute Gasteiger partial charge is 0.481 e. The first kappa shape index (κ1) is 47.3. The van der Waals surface area contributed by atoms with Crippen molar-refractivity contribution in [2.45, 2.75) is 63.1 Å². The zero-order chi connectivity index (χ0) is 42.4. The molecule has 1 aliphatic rings. The van der Waals surface area contributed by atoms with Crippen LogP contribution in [0.4, 0.5) is 5.82 Å². The molecule has 0 saturated carbocycles. The fraction of sp³-hybridized carbons (Fsp3) is 0.667. The number of ether oxygens (including phenoxy) is 2. The van der Waals surface area contributed by atoms with Crippen LogP contribution in [0.3, 0.4) is 0 Å². The van der Waals surface area contributed by atoms with Crippen LogP contribution >= 0.6 is 23.5 Å². The van der Waals surface area contributed by atoms with Crippen LogP contribution in [-0.4, -0.2) is 143 Å². The minimum Gasteiger partial charge on any atom is -0.463 e. The highest BCUT2D eigenvalue weighted by atomic mass is 32.2. The second-order valence-corrected chi connectivity index (χ2v) is 18.4. The van der Waals surface area contributed by atoms with Crippen molar-refractivity contribution in [3.8, 4) is 0 Å². The molecule has 11 N–H and O–H groups in total. The number of nitrogens with zero attached hydrogens (tertiary/aromatic N) is 4. The standard InChI is InChI=1S/C24H40N7O21P3S/c1-12(56(44,45)46)23(36)47-7-6-26-14(32)4-5-27-21(35)18(34)24(2,3)9-49-55(42,43)52-54(40,41)48-8-13-17(51-53(37,38)39)16(33)22(50-13)31-11-30-15-19(25)28-10-29-20(15)31/h10-13,16-18,22,33-34H,4-9H2,1-3H3,(H,26,32)(H,27,35)(H,40,41)(H,42,43)(H2,25,28,29)(H2,37,38,39)(H,44,45,46)/t12-,13-,16-,17-,18+,22-/m1/s1. The minimum atomic E-state index is -5.61. The molecule has 1 saturated heterocycles. The average Bonchev–Trinajstić information content (AvgIpc) is 3.63. The van der Waals surface area contributed by atoms with Crippen LogP contribution in [0.2, 0.25) is 0 Å². The van der Waals surface area contributed by atoms with Crippen LogP contribution in [-0.2, 0) is 65.6 Å². The van der Waals surface area contributed by atoms with E-state index in [9.17, 15) is 66.3 Å². The summed E-state index contributed by atoms with van der Waals surface area (Å²) in [6, 6.07) is 0. The number of amides is 2. The number of nitrogens with one attached hydrogen (secondary N) is 2. The molecule has 0 aromatic carbocycles. The van der Waals surface area contributed by atoms with E-state index in [-0.39, 0.29) is 36.5 Å². The van der Waals surface area contributed by atoms with Gasteiger partial charge in [-0.25, -0.2) is 28.6 Å². The summed E-state index contributed by atoms with van der Waals surface area (Å²) in [5.41, 5.74) is 4.13. The second-order valence-electron chi connectivity index (χ2n) is 12.4. The van der Waals surface area contributed by atoms with Crippen LogP contribution in [0.15, 0.2) is 12.7 Å². The summed E-state index contributed by atoms with van der Waals surface area (Å²) in [5.74, 6) is -3.05. The number of fused-ring (bicyclic) bond motifs is 1. The summed E-state index contributed by atoms with van der Waals surface area (Å²) in [4.78, 5) is 86.7. The van der Waals surface area contributed by atoms with E-state index in [1.54, 1.807) is 0 Å². The van der Waals surface area contributed by atoms with Gasteiger partial charge in [0.1, 0.15) is 42.9 Å². The van der Waals surface area contributed by atoms with Gasteiger partial charge in [0.25, 0.3) is 10.1 Å². The molecular formula is C24H40N7O21P3S. The summed E-state index contributed by atoms with van der Waals surface area (Å²) in [6.45, 7) is 0.129. The number of imidazole rings is 1. The molecule has 0 radical (unpaired) electrons. The molecule has 0 spiro atoms. The molecule has 2 amide bonds. The van der Waals surface area contributed by atoms with Crippen molar-refractivity contribution in [1.82, 2.24) is 30.2 Å². The number of carbonyl (C=O) groups is 3. The molecule has 2 aromatic rings. The van der Waals surface area contributed by atoms with Crippen LogP contribution in [0.1, 0.15) is 33.4 Å². The molecule has 32 heteroatoms. The van der Waals surface area contributed by atoms with Crippen molar-refractivity contribution in [2.24, 2.45) is 5.41 Å². The number of phosphoric ester groups is 3. The smallest absolute Gasteiger partial charge is 0.463 e. The number of hydrogen-bond donors (Lipinski definition) is 10. The third-order valence-electron chi connectivity index (χ3n) is 7.52. The Bertz CT molecular complexity index is 2000. The number of aliphatic hydroxyl groups is 2. The van der Waals surface area contributed by atoms with Crippen molar-refractivity contribution in [2.75, 3.05) is 38.6 Å². The molecular weight excluding hydrogens is 847 g/mol. The first-order valence-electron chi connectivity index (χ1n) is 15.7. The Morgan fingerprint density at radius 2 is 1.70 bits per heavy atom. The highest BCUT2D eigenvalue weighted by Gasteiger charge is 2.50. The van der Waals surface area contributed by atoms with Gasteiger partial charge in [-0.3, -0.25) is 37.1 Å². The third kappa shape index (κ3) is 13.5. The van der Waals surface area contributed by atoms with Gasteiger partial charge in [0.15, 0.2) is 22.9 Å². The first-order chi connectivity index (χ1) is 25.6. The lowest BCUT2D eigenvalue weighted by atomic mass is 9.87.